The monoisotopic (exact) mass is 201 g/mol. The van der Waals surface area contributed by atoms with Crippen LogP contribution in [0.2, 0.25) is 0 Å². The molecular weight excluding hydrogens is 178 g/mol. The van der Waals surface area contributed by atoms with E-state index in [1.54, 1.807) is 14.2 Å². The van der Waals surface area contributed by atoms with Crippen molar-refractivity contribution < 1.29 is 9.47 Å². The van der Waals surface area contributed by atoms with Gasteiger partial charge >= 0.3 is 0 Å². The van der Waals surface area contributed by atoms with Gasteiger partial charge in [0.05, 0.1) is 6.61 Å². The van der Waals surface area contributed by atoms with Crippen LogP contribution in [0.15, 0.2) is 0 Å². The van der Waals surface area contributed by atoms with Crippen LogP contribution in [-0.2, 0) is 9.47 Å². The van der Waals surface area contributed by atoms with Crippen molar-refractivity contribution in [3.05, 3.63) is 0 Å². The highest BCUT2D eigenvalue weighted by Gasteiger charge is 2.18. The Bertz CT molecular complexity index is 127. The summed E-state index contributed by atoms with van der Waals surface area (Å²) >= 11 is 0. The molecule has 1 atom stereocenters. The van der Waals surface area contributed by atoms with Crippen molar-refractivity contribution in [1.29, 1.82) is 0 Å². The third-order valence-corrected chi connectivity index (χ3v) is 2.94. The summed E-state index contributed by atoms with van der Waals surface area (Å²) in [5, 5.41) is 0. The SMILES string of the molecule is COCCC1CCCN(CCOC)C1. The fraction of sp³-hybridized carbons (Fsp3) is 1.00. The first-order chi connectivity index (χ1) is 6.86. The summed E-state index contributed by atoms with van der Waals surface area (Å²) in [6.07, 6.45) is 3.91. The summed E-state index contributed by atoms with van der Waals surface area (Å²) in [6.45, 7) is 5.32. The molecule has 3 heteroatoms. The Kier molecular flexibility index (Phi) is 6.15. The Hall–Kier alpha value is -0.120. The molecule has 0 aromatic carbocycles. The van der Waals surface area contributed by atoms with E-state index in [2.05, 4.69) is 4.90 Å². The topological polar surface area (TPSA) is 21.7 Å². The van der Waals surface area contributed by atoms with E-state index in [1.165, 1.54) is 32.4 Å². The molecule has 1 rings (SSSR count). The molecule has 0 aromatic rings. The van der Waals surface area contributed by atoms with E-state index in [9.17, 15) is 0 Å². The molecule has 1 aliphatic rings. The lowest BCUT2D eigenvalue weighted by Gasteiger charge is -2.32. The lowest BCUT2D eigenvalue weighted by molar-refractivity contribution is 0.0980. The molecule has 0 spiro atoms. The number of methoxy groups -OCH3 is 2. The molecule has 0 saturated carbocycles. The Balaban J connectivity index is 2.14. The van der Waals surface area contributed by atoms with Gasteiger partial charge in [-0.1, -0.05) is 0 Å². The third kappa shape index (κ3) is 4.40. The Morgan fingerprint density at radius 1 is 1.21 bits per heavy atom. The van der Waals surface area contributed by atoms with Crippen molar-refractivity contribution in [2.45, 2.75) is 19.3 Å². The van der Waals surface area contributed by atoms with Crippen LogP contribution < -0.4 is 0 Å². The summed E-state index contributed by atoms with van der Waals surface area (Å²) in [7, 11) is 3.55. The van der Waals surface area contributed by atoms with E-state index in [1.807, 2.05) is 0 Å². The molecule has 1 aliphatic heterocycles. The molecule has 1 unspecified atom stereocenters. The Morgan fingerprint density at radius 3 is 2.71 bits per heavy atom. The predicted molar refractivity (Wildman–Crippen MR) is 57.5 cm³/mol. The van der Waals surface area contributed by atoms with Crippen molar-refractivity contribution >= 4 is 0 Å². The summed E-state index contributed by atoms with van der Waals surface area (Å²) in [4.78, 5) is 2.51. The fourth-order valence-electron chi connectivity index (χ4n) is 2.09. The van der Waals surface area contributed by atoms with Gasteiger partial charge in [0.25, 0.3) is 0 Å². The normalized spacial score (nSPS) is 24.0. The summed E-state index contributed by atoms with van der Waals surface area (Å²) < 4.78 is 10.2. The molecule has 0 radical (unpaired) electrons. The highest BCUT2D eigenvalue weighted by Crippen LogP contribution is 2.19. The molecule has 84 valence electrons. The summed E-state index contributed by atoms with van der Waals surface area (Å²) in [6, 6.07) is 0. The van der Waals surface area contributed by atoms with Gasteiger partial charge < -0.3 is 14.4 Å². The van der Waals surface area contributed by atoms with Crippen LogP contribution in [0, 0.1) is 5.92 Å². The van der Waals surface area contributed by atoms with Crippen molar-refractivity contribution in [2.75, 3.05) is 47.1 Å². The van der Waals surface area contributed by atoms with Gasteiger partial charge in [0.15, 0.2) is 0 Å². The molecule has 1 saturated heterocycles. The van der Waals surface area contributed by atoms with Gasteiger partial charge in [0.2, 0.25) is 0 Å². The van der Waals surface area contributed by atoms with Crippen LogP contribution in [0.1, 0.15) is 19.3 Å². The molecule has 14 heavy (non-hydrogen) atoms. The van der Waals surface area contributed by atoms with E-state index in [0.717, 1.165) is 25.7 Å². The maximum absolute atomic E-state index is 5.12. The smallest absolute Gasteiger partial charge is 0.0589 e. The van der Waals surface area contributed by atoms with Crippen molar-refractivity contribution in [3.63, 3.8) is 0 Å². The molecule has 1 heterocycles. The van der Waals surface area contributed by atoms with Crippen molar-refractivity contribution in [1.82, 2.24) is 4.90 Å². The van der Waals surface area contributed by atoms with Crippen molar-refractivity contribution in [3.8, 4) is 0 Å². The summed E-state index contributed by atoms with van der Waals surface area (Å²) in [5.41, 5.74) is 0. The zero-order chi connectivity index (χ0) is 10.2. The molecule has 3 nitrogen and oxygen atoms in total. The first-order valence-electron chi connectivity index (χ1n) is 5.57. The van der Waals surface area contributed by atoms with Crippen LogP contribution in [-0.4, -0.2) is 52.0 Å². The van der Waals surface area contributed by atoms with Crippen LogP contribution in [0.4, 0.5) is 0 Å². The third-order valence-electron chi connectivity index (χ3n) is 2.94. The average Bonchev–Trinajstić information content (AvgIpc) is 2.24. The largest absolute Gasteiger partial charge is 0.385 e. The zero-order valence-corrected chi connectivity index (χ0v) is 9.50. The number of hydrogen-bond acceptors (Lipinski definition) is 3. The number of likely N-dealkylation sites (tertiary alicyclic amines) is 1. The van der Waals surface area contributed by atoms with Gasteiger partial charge in [0.1, 0.15) is 0 Å². The molecule has 0 bridgehead atoms. The van der Waals surface area contributed by atoms with Crippen LogP contribution in [0.25, 0.3) is 0 Å². The number of rotatable bonds is 6. The lowest BCUT2D eigenvalue weighted by atomic mass is 9.95. The Labute approximate surface area is 87.4 Å². The van der Waals surface area contributed by atoms with E-state index in [-0.39, 0.29) is 0 Å². The number of piperidine rings is 1. The molecule has 1 fully saturated rings. The van der Waals surface area contributed by atoms with E-state index >= 15 is 0 Å². The number of nitrogens with zero attached hydrogens (tertiary/aromatic N) is 1. The number of ether oxygens (including phenoxy) is 2. The minimum absolute atomic E-state index is 0.834. The summed E-state index contributed by atoms with van der Waals surface area (Å²) in [5.74, 6) is 0.834. The van der Waals surface area contributed by atoms with Crippen LogP contribution >= 0.6 is 0 Å². The minimum Gasteiger partial charge on any atom is -0.385 e. The highest BCUT2D eigenvalue weighted by atomic mass is 16.5. The fourth-order valence-corrected chi connectivity index (χ4v) is 2.09. The highest BCUT2D eigenvalue weighted by molar-refractivity contribution is 4.72. The van der Waals surface area contributed by atoms with E-state index in [0.29, 0.717) is 0 Å². The second-order valence-corrected chi connectivity index (χ2v) is 4.08. The first-order valence-corrected chi connectivity index (χ1v) is 5.57. The van der Waals surface area contributed by atoms with E-state index < -0.39 is 0 Å². The molecule has 0 aliphatic carbocycles. The molecular formula is C11H23NO2. The van der Waals surface area contributed by atoms with Gasteiger partial charge in [-0.2, -0.15) is 0 Å². The van der Waals surface area contributed by atoms with Gasteiger partial charge in [-0.3, -0.25) is 0 Å². The van der Waals surface area contributed by atoms with Gasteiger partial charge in [0, 0.05) is 33.9 Å². The quantitative estimate of drug-likeness (QED) is 0.648. The van der Waals surface area contributed by atoms with Crippen LogP contribution in [0.3, 0.4) is 0 Å². The molecule has 0 N–H and O–H groups in total. The lowest BCUT2D eigenvalue weighted by Crippen LogP contribution is -2.37. The minimum atomic E-state index is 0.834. The predicted octanol–water partition coefficient (Wildman–Crippen LogP) is 1.38. The Morgan fingerprint density at radius 2 is 2.00 bits per heavy atom. The molecule has 0 aromatic heterocycles. The number of hydrogen-bond donors (Lipinski definition) is 0. The van der Waals surface area contributed by atoms with Gasteiger partial charge in [-0.05, 0) is 31.7 Å². The van der Waals surface area contributed by atoms with Gasteiger partial charge in [-0.15, -0.1) is 0 Å². The zero-order valence-electron chi connectivity index (χ0n) is 9.50. The molecule has 0 amide bonds. The maximum Gasteiger partial charge on any atom is 0.0589 e. The van der Waals surface area contributed by atoms with Crippen molar-refractivity contribution in [2.24, 2.45) is 5.92 Å². The second-order valence-electron chi connectivity index (χ2n) is 4.08. The first kappa shape index (κ1) is 12.0. The van der Waals surface area contributed by atoms with E-state index in [4.69, 9.17) is 9.47 Å². The second kappa shape index (κ2) is 7.21. The van der Waals surface area contributed by atoms with Gasteiger partial charge in [-0.25, -0.2) is 0 Å². The van der Waals surface area contributed by atoms with Crippen LogP contribution in [0.5, 0.6) is 0 Å². The average molecular weight is 201 g/mol. The standard InChI is InChI=1S/C11H23NO2/c1-13-8-5-11-4-3-6-12(10-11)7-9-14-2/h11H,3-10H2,1-2H3. The maximum atomic E-state index is 5.12.